The summed E-state index contributed by atoms with van der Waals surface area (Å²) in [6.45, 7) is 1.75. The van der Waals surface area contributed by atoms with Crippen LogP contribution in [0.3, 0.4) is 0 Å². The van der Waals surface area contributed by atoms with Gasteiger partial charge in [0.25, 0.3) is 5.91 Å². The second-order valence-electron chi connectivity index (χ2n) is 4.18. The number of nitro benzene ring substituents is 1. The predicted molar refractivity (Wildman–Crippen MR) is 68.3 cm³/mol. The lowest BCUT2D eigenvalue weighted by Crippen LogP contribution is -2.33. The standard InChI is InChI=1S/C12H16N2O5/c1-8(15)7-13(2)12(16)9-4-5-10(14(17)18)11(6-9)19-3/h4-6,8,15H,7H2,1-3H3. The van der Waals surface area contributed by atoms with Gasteiger partial charge >= 0.3 is 5.69 Å². The van der Waals surface area contributed by atoms with Crippen molar-refractivity contribution in [3.8, 4) is 5.75 Å². The maximum Gasteiger partial charge on any atom is 0.310 e. The summed E-state index contributed by atoms with van der Waals surface area (Å²) in [5.41, 5.74) is 0.0721. The minimum atomic E-state index is -0.645. The van der Waals surface area contributed by atoms with Gasteiger partial charge in [0.1, 0.15) is 0 Å². The van der Waals surface area contributed by atoms with E-state index >= 15 is 0 Å². The second kappa shape index (κ2) is 6.14. The van der Waals surface area contributed by atoms with Crippen LogP contribution in [0.2, 0.25) is 0 Å². The Labute approximate surface area is 110 Å². The van der Waals surface area contributed by atoms with Crippen molar-refractivity contribution in [1.82, 2.24) is 4.90 Å². The van der Waals surface area contributed by atoms with Crippen LogP contribution < -0.4 is 4.74 Å². The molecule has 1 N–H and O–H groups in total. The SMILES string of the molecule is COc1cc(C(=O)N(C)CC(C)O)ccc1[N+](=O)[O-]. The Morgan fingerprint density at radius 1 is 1.58 bits per heavy atom. The van der Waals surface area contributed by atoms with Gasteiger partial charge in [0.05, 0.1) is 18.1 Å². The van der Waals surface area contributed by atoms with Gasteiger partial charge in [0.2, 0.25) is 0 Å². The average Bonchev–Trinajstić information content (AvgIpc) is 2.36. The zero-order chi connectivity index (χ0) is 14.6. The zero-order valence-electron chi connectivity index (χ0n) is 11.0. The Bertz CT molecular complexity index is 487. The summed E-state index contributed by atoms with van der Waals surface area (Å²) in [6, 6.07) is 3.91. The largest absolute Gasteiger partial charge is 0.490 e. The summed E-state index contributed by atoms with van der Waals surface area (Å²) in [7, 11) is 2.85. The Morgan fingerprint density at radius 2 is 2.21 bits per heavy atom. The molecule has 0 aliphatic carbocycles. The number of nitrogens with zero attached hydrogens (tertiary/aromatic N) is 2. The summed E-state index contributed by atoms with van der Waals surface area (Å²) in [4.78, 5) is 23.5. The molecule has 19 heavy (non-hydrogen) atoms. The molecule has 0 heterocycles. The highest BCUT2D eigenvalue weighted by Gasteiger charge is 2.19. The van der Waals surface area contributed by atoms with E-state index in [-0.39, 0.29) is 29.5 Å². The van der Waals surface area contributed by atoms with E-state index in [0.717, 1.165) is 0 Å². The number of rotatable bonds is 5. The molecule has 1 rings (SSSR count). The fourth-order valence-electron chi connectivity index (χ4n) is 1.66. The molecule has 1 aromatic rings. The van der Waals surface area contributed by atoms with Crippen molar-refractivity contribution in [2.24, 2.45) is 0 Å². The molecule has 0 fully saturated rings. The van der Waals surface area contributed by atoms with Crippen molar-refractivity contribution in [2.75, 3.05) is 20.7 Å². The lowest BCUT2D eigenvalue weighted by Gasteiger charge is -2.19. The summed E-state index contributed by atoms with van der Waals surface area (Å²) >= 11 is 0. The van der Waals surface area contributed by atoms with Crippen LogP contribution in [0.25, 0.3) is 0 Å². The maximum atomic E-state index is 12.0. The van der Waals surface area contributed by atoms with Gasteiger partial charge in [-0.15, -0.1) is 0 Å². The van der Waals surface area contributed by atoms with Crippen molar-refractivity contribution < 1.29 is 19.6 Å². The van der Waals surface area contributed by atoms with Gasteiger partial charge in [-0.3, -0.25) is 14.9 Å². The third-order valence-corrected chi connectivity index (χ3v) is 2.51. The van der Waals surface area contributed by atoms with Crippen molar-refractivity contribution in [1.29, 1.82) is 0 Å². The summed E-state index contributed by atoms with van der Waals surface area (Å²) in [5.74, 6) is -0.310. The first-order valence-electron chi connectivity index (χ1n) is 5.62. The fourth-order valence-corrected chi connectivity index (χ4v) is 1.66. The number of carbonyl (C=O) groups is 1. The Kier molecular flexibility index (Phi) is 4.82. The second-order valence-corrected chi connectivity index (χ2v) is 4.18. The average molecular weight is 268 g/mol. The lowest BCUT2D eigenvalue weighted by molar-refractivity contribution is -0.385. The molecule has 7 nitrogen and oxygen atoms in total. The van der Waals surface area contributed by atoms with Crippen LogP contribution in [0.4, 0.5) is 5.69 Å². The molecule has 0 saturated carbocycles. The molecule has 0 aliphatic heterocycles. The number of nitro groups is 1. The van der Waals surface area contributed by atoms with Crippen LogP contribution >= 0.6 is 0 Å². The van der Waals surface area contributed by atoms with Crippen molar-refractivity contribution in [3.05, 3.63) is 33.9 Å². The van der Waals surface area contributed by atoms with Crippen molar-refractivity contribution >= 4 is 11.6 Å². The molecule has 0 aliphatic rings. The first-order chi connectivity index (χ1) is 8.86. The number of likely N-dealkylation sites (N-methyl/N-ethyl adjacent to an activating group) is 1. The minimum absolute atomic E-state index is 0.0290. The fraction of sp³-hybridized carbons (Fsp3) is 0.417. The molecule has 1 unspecified atom stereocenters. The molecule has 104 valence electrons. The summed E-state index contributed by atoms with van der Waals surface area (Å²) in [6.07, 6.45) is -0.645. The lowest BCUT2D eigenvalue weighted by atomic mass is 10.1. The van der Waals surface area contributed by atoms with Crippen LogP contribution in [0.15, 0.2) is 18.2 Å². The van der Waals surface area contributed by atoms with Crippen LogP contribution in [0, 0.1) is 10.1 Å². The summed E-state index contributed by atoms with van der Waals surface area (Å²) < 4.78 is 4.90. The molecule has 1 aromatic carbocycles. The third kappa shape index (κ3) is 3.65. The Hall–Kier alpha value is -2.15. The Balaban J connectivity index is 3.02. The van der Waals surface area contributed by atoms with E-state index in [1.165, 1.54) is 30.2 Å². The normalized spacial score (nSPS) is 11.8. The van der Waals surface area contributed by atoms with E-state index < -0.39 is 11.0 Å². The van der Waals surface area contributed by atoms with Crippen LogP contribution in [-0.4, -0.2) is 47.6 Å². The molecule has 0 aromatic heterocycles. The van der Waals surface area contributed by atoms with Gasteiger partial charge in [-0.05, 0) is 13.0 Å². The van der Waals surface area contributed by atoms with Crippen molar-refractivity contribution in [3.63, 3.8) is 0 Å². The highest BCUT2D eigenvalue weighted by atomic mass is 16.6. The van der Waals surface area contributed by atoms with Crippen LogP contribution in [0.5, 0.6) is 5.75 Å². The molecular formula is C12H16N2O5. The highest BCUT2D eigenvalue weighted by Crippen LogP contribution is 2.27. The van der Waals surface area contributed by atoms with Gasteiger partial charge < -0.3 is 14.7 Å². The van der Waals surface area contributed by atoms with Gasteiger partial charge in [-0.2, -0.15) is 0 Å². The smallest absolute Gasteiger partial charge is 0.310 e. The van der Waals surface area contributed by atoms with E-state index in [1.807, 2.05) is 0 Å². The first kappa shape index (κ1) is 14.9. The number of carbonyl (C=O) groups excluding carboxylic acids is 1. The molecule has 0 bridgehead atoms. The van der Waals surface area contributed by atoms with Crippen LogP contribution in [0.1, 0.15) is 17.3 Å². The van der Waals surface area contributed by atoms with E-state index in [4.69, 9.17) is 4.74 Å². The topological polar surface area (TPSA) is 92.9 Å². The molecular weight excluding hydrogens is 252 g/mol. The highest BCUT2D eigenvalue weighted by molar-refractivity contribution is 5.95. The van der Waals surface area contributed by atoms with E-state index in [2.05, 4.69) is 0 Å². The molecule has 7 heteroatoms. The van der Waals surface area contributed by atoms with Gasteiger partial charge in [0.15, 0.2) is 5.75 Å². The predicted octanol–water partition coefficient (Wildman–Crippen LogP) is 1.06. The zero-order valence-corrected chi connectivity index (χ0v) is 11.0. The number of hydrogen-bond acceptors (Lipinski definition) is 5. The minimum Gasteiger partial charge on any atom is -0.490 e. The third-order valence-electron chi connectivity index (χ3n) is 2.51. The monoisotopic (exact) mass is 268 g/mol. The number of hydrogen-bond donors (Lipinski definition) is 1. The molecule has 0 radical (unpaired) electrons. The van der Waals surface area contributed by atoms with Gasteiger partial charge in [-0.1, -0.05) is 0 Å². The van der Waals surface area contributed by atoms with E-state index in [9.17, 15) is 20.0 Å². The number of methoxy groups -OCH3 is 1. The Morgan fingerprint density at radius 3 is 2.68 bits per heavy atom. The quantitative estimate of drug-likeness (QED) is 0.636. The number of aliphatic hydroxyl groups is 1. The number of aliphatic hydroxyl groups excluding tert-OH is 1. The molecule has 0 spiro atoms. The van der Waals surface area contributed by atoms with Gasteiger partial charge in [0, 0.05) is 31.3 Å². The molecule has 0 saturated heterocycles. The number of ether oxygens (including phenoxy) is 1. The van der Waals surface area contributed by atoms with E-state index in [1.54, 1.807) is 14.0 Å². The molecule has 1 atom stereocenters. The first-order valence-corrected chi connectivity index (χ1v) is 5.62. The van der Waals surface area contributed by atoms with Crippen LogP contribution in [-0.2, 0) is 0 Å². The number of amides is 1. The number of benzene rings is 1. The van der Waals surface area contributed by atoms with Gasteiger partial charge in [-0.25, -0.2) is 0 Å². The van der Waals surface area contributed by atoms with Crippen molar-refractivity contribution in [2.45, 2.75) is 13.0 Å². The summed E-state index contributed by atoms with van der Waals surface area (Å²) in [5, 5.41) is 20.0. The van der Waals surface area contributed by atoms with E-state index in [0.29, 0.717) is 0 Å². The molecule has 1 amide bonds. The maximum absolute atomic E-state index is 12.0.